The number of hydrogen-bond acceptors (Lipinski definition) is 2. The molecule has 0 fully saturated rings. The molecule has 0 radical (unpaired) electrons. The van der Waals surface area contributed by atoms with Crippen LogP contribution in [0.5, 0.6) is 0 Å². The lowest BCUT2D eigenvalue weighted by molar-refractivity contribution is 0.714. The summed E-state index contributed by atoms with van der Waals surface area (Å²) in [6, 6.07) is 21.6. The summed E-state index contributed by atoms with van der Waals surface area (Å²) in [6.45, 7) is 0.268. The third-order valence-electron chi connectivity index (χ3n) is 4.41. The molecule has 0 spiro atoms. The molecule has 0 aliphatic rings. The minimum absolute atomic E-state index is 0.268. The Hall–Kier alpha value is -2.63. The second-order valence-corrected chi connectivity index (χ2v) is 7.42. The van der Waals surface area contributed by atoms with Crippen LogP contribution in [0, 0.1) is 0 Å². The number of hydrogen-bond donors (Lipinski definition) is 0. The highest BCUT2D eigenvalue weighted by molar-refractivity contribution is 9.10. The Labute approximate surface area is 168 Å². The van der Waals surface area contributed by atoms with E-state index >= 15 is 0 Å². The van der Waals surface area contributed by atoms with E-state index in [1.54, 1.807) is 47.0 Å². The first-order valence-corrected chi connectivity index (χ1v) is 9.47. The fourth-order valence-corrected chi connectivity index (χ4v) is 3.66. The molecule has 1 heterocycles. The number of fused-ring (bicyclic) bond motifs is 1. The molecule has 0 saturated carbocycles. The molecule has 0 N–H and O–H groups in total. The molecule has 0 aliphatic heterocycles. The molecule has 3 aromatic carbocycles. The molecule has 4 rings (SSSR count). The van der Waals surface area contributed by atoms with Crippen molar-refractivity contribution in [3.8, 4) is 5.69 Å². The normalized spacial score (nSPS) is 11.0. The lowest BCUT2D eigenvalue weighted by Crippen LogP contribution is -2.39. The lowest BCUT2D eigenvalue weighted by Gasteiger charge is -2.15. The van der Waals surface area contributed by atoms with Crippen molar-refractivity contribution >= 4 is 38.4 Å². The number of para-hydroxylation sites is 1. The molecule has 6 heteroatoms. The molecule has 0 bridgehead atoms. The Bertz CT molecular complexity index is 1260. The minimum atomic E-state index is -0.402. The number of benzene rings is 3. The number of aromatic nitrogens is 2. The third kappa shape index (κ3) is 3.24. The van der Waals surface area contributed by atoms with E-state index in [4.69, 9.17) is 11.6 Å². The molecular formula is C21H14BrClN2O2. The van der Waals surface area contributed by atoms with E-state index in [0.29, 0.717) is 21.6 Å². The summed E-state index contributed by atoms with van der Waals surface area (Å²) in [7, 11) is 0. The van der Waals surface area contributed by atoms with Crippen molar-refractivity contribution in [2.24, 2.45) is 0 Å². The van der Waals surface area contributed by atoms with Gasteiger partial charge in [-0.05, 0) is 42.0 Å². The van der Waals surface area contributed by atoms with Crippen molar-refractivity contribution in [2.75, 3.05) is 0 Å². The molecule has 0 atom stereocenters. The summed E-state index contributed by atoms with van der Waals surface area (Å²) in [5, 5.41) is 1.03. The van der Waals surface area contributed by atoms with Crippen molar-refractivity contribution < 1.29 is 0 Å². The summed E-state index contributed by atoms with van der Waals surface area (Å²) >= 11 is 9.71. The van der Waals surface area contributed by atoms with E-state index in [1.807, 2.05) is 30.3 Å². The average Bonchev–Trinajstić information content (AvgIpc) is 2.68. The molecule has 1 aromatic heterocycles. The van der Waals surface area contributed by atoms with E-state index in [-0.39, 0.29) is 12.1 Å². The van der Waals surface area contributed by atoms with Gasteiger partial charge in [-0.15, -0.1) is 0 Å². The Morgan fingerprint density at radius 2 is 1.59 bits per heavy atom. The van der Waals surface area contributed by atoms with Gasteiger partial charge in [0, 0.05) is 9.50 Å². The van der Waals surface area contributed by atoms with Crippen LogP contribution in [0.1, 0.15) is 5.56 Å². The molecular weight excluding hydrogens is 428 g/mol. The van der Waals surface area contributed by atoms with Gasteiger partial charge in [0.2, 0.25) is 0 Å². The molecule has 4 nitrogen and oxygen atoms in total. The summed E-state index contributed by atoms with van der Waals surface area (Å²) in [6.07, 6.45) is 0. The van der Waals surface area contributed by atoms with Crippen LogP contribution >= 0.6 is 27.5 Å². The maximum Gasteiger partial charge on any atom is 0.336 e. The summed E-state index contributed by atoms with van der Waals surface area (Å²) in [4.78, 5) is 26.4. The fraction of sp³-hybridized carbons (Fsp3) is 0.0476. The van der Waals surface area contributed by atoms with E-state index in [0.717, 1.165) is 10.0 Å². The van der Waals surface area contributed by atoms with Gasteiger partial charge in [-0.25, -0.2) is 9.36 Å². The van der Waals surface area contributed by atoms with Gasteiger partial charge in [-0.1, -0.05) is 63.9 Å². The van der Waals surface area contributed by atoms with Crippen molar-refractivity contribution in [2.45, 2.75) is 6.54 Å². The van der Waals surface area contributed by atoms with Crippen LogP contribution in [0.2, 0.25) is 5.02 Å². The Morgan fingerprint density at radius 3 is 2.33 bits per heavy atom. The smallest absolute Gasteiger partial charge is 0.288 e. The largest absolute Gasteiger partial charge is 0.336 e. The topological polar surface area (TPSA) is 44.0 Å². The molecule has 27 heavy (non-hydrogen) atoms. The predicted molar refractivity (Wildman–Crippen MR) is 112 cm³/mol. The predicted octanol–water partition coefficient (Wildman–Crippen LogP) is 4.62. The summed E-state index contributed by atoms with van der Waals surface area (Å²) in [5.41, 5.74) is 1.16. The maximum absolute atomic E-state index is 13.3. The van der Waals surface area contributed by atoms with E-state index in [9.17, 15) is 9.59 Å². The zero-order valence-electron chi connectivity index (χ0n) is 14.1. The second-order valence-electron chi connectivity index (χ2n) is 6.10. The number of halogens is 2. The molecule has 0 aliphatic carbocycles. The number of nitrogens with zero attached hydrogens (tertiary/aromatic N) is 2. The number of rotatable bonds is 3. The monoisotopic (exact) mass is 440 g/mol. The molecule has 134 valence electrons. The lowest BCUT2D eigenvalue weighted by atomic mass is 10.2. The summed E-state index contributed by atoms with van der Waals surface area (Å²) in [5.74, 6) is 0. The first-order chi connectivity index (χ1) is 13.1. The zero-order valence-corrected chi connectivity index (χ0v) is 16.4. The van der Waals surface area contributed by atoms with Crippen LogP contribution < -0.4 is 11.2 Å². The van der Waals surface area contributed by atoms with Gasteiger partial charge in [0.05, 0.1) is 23.1 Å². The van der Waals surface area contributed by atoms with E-state index in [2.05, 4.69) is 15.9 Å². The molecule has 0 unspecified atom stereocenters. The van der Waals surface area contributed by atoms with E-state index in [1.165, 1.54) is 4.57 Å². The Kier molecular flexibility index (Phi) is 4.72. The van der Waals surface area contributed by atoms with Crippen LogP contribution in [-0.2, 0) is 6.54 Å². The van der Waals surface area contributed by atoms with Crippen molar-refractivity contribution in [1.29, 1.82) is 0 Å². The van der Waals surface area contributed by atoms with Gasteiger partial charge in [-0.3, -0.25) is 9.36 Å². The van der Waals surface area contributed by atoms with Gasteiger partial charge in [-0.2, -0.15) is 0 Å². The van der Waals surface area contributed by atoms with Crippen LogP contribution in [0.25, 0.3) is 16.6 Å². The van der Waals surface area contributed by atoms with Crippen LogP contribution in [0.4, 0.5) is 0 Å². The maximum atomic E-state index is 13.3. The van der Waals surface area contributed by atoms with Crippen molar-refractivity contribution in [3.63, 3.8) is 0 Å². The van der Waals surface area contributed by atoms with Crippen LogP contribution in [0.3, 0.4) is 0 Å². The first kappa shape index (κ1) is 17.8. The van der Waals surface area contributed by atoms with Crippen LogP contribution in [-0.4, -0.2) is 9.13 Å². The van der Waals surface area contributed by atoms with Gasteiger partial charge < -0.3 is 0 Å². The molecule has 4 aromatic rings. The van der Waals surface area contributed by atoms with Crippen molar-refractivity contribution in [1.82, 2.24) is 9.13 Å². The highest BCUT2D eigenvalue weighted by Crippen LogP contribution is 2.20. The molecule has 0 amide bonds. The van der Waals surface area contributed by atoms with Gasteiger partial charge in [0.25, 0.3) is 5.56 Å². The highest BCUT2D eigenvalue weighted by atomic mass is 79.9. The van der Waals surface area contributed by atoms with Gasteiger partial charge in [0.1, 0.15) is 0 Å². The average molecular weight is 442 g/mol. The van der Waals surface area contributed by atoms with Crippen LogP contribution in [0.15, 0.2) is 86.9 Å². The zero-order chi connectivity index (χ0) is 19.0. The van der Waals surface area contributed by atoms with Crippen molar-refractivity contribution in [3.05, 3.63) is 109 Å². The SMILES string of the molecule is O=c1c2cc(Br)ccc2n(Cc2ccccc2Cl)c(=O)n1-c1ccccc1. The molecule has 0 saturated heterocycles. The summed E-state index contributed by atoms with van der Waals surface area (Å²) < 4.78 is 3.55. The van der Waals surface area contributed by atoms with Gasteiger partial charge in [0.15, 0.2) is 0 Å². The standard InChI is InChI=1S/C21H14BrClN2O2/c22-15-10-11-19-17(12-15)20(26)25(16-7-2-1-3-8-16)21(27)24(19)13-14-6-4-5-9-18(14)23/h1-12H,13H2. The Morgan fingerprint density at radius 1 is 0.889 bits per heavy atom. The highest BCUT2D eigenvalue weighted by Gasteiger charge is 2.15. The minimum Gasteiger partial charge on any atom is -0.288 e. The quantitative estimate of drug-likeness (QED) is 0.466. The first-order valence-electron chi connectivity index (χ1n) is 8.30. The fourth-order valence-electron chi connectivity index (χ4n) is 3.10. The second kappa shape index (κ2) is 7.18. The Balaban J connectivity index is 2.07. The van der Waals surface area contributed by atoms with E-state index < -0.39 is 5.69 Å². The third-order valence-corrected chi connectivity index (χ3v) is 5.27. The van der Waals surface area contributed by atoms with Gasteiger partial charge >= 0.3 is 5.69 Å².